The SMILES string of the molecule is COC1CS(=O)(=O)CC1NC(=O)NC1CCCCC1Oc1ccccc1C. The summed E-state index contributed by atoms with van der Waals surface area (Å²) in [5.74, 6) is 0.682. The zero-order chi connectivity index (χ0) is 19.4. The van der Waals surface area contributed by atoms with E-state index in [1.54, 1.807) is 0 Å². The monoisotopic (exact) mass is 396 g/mol. The number of amides is 2. The summed E-state index contributed by atoms with van der Waals surface area (Å²) in [7, 11) is -1.72. The van der Waals surface area contributed by atoms with Gasteiger partial charge >= 0.3 is 6.03 Å². The lowest BCUT2D eigenvalue weighted by Crippen LogP contribution is -2.54. The predicted octanol–water partition coefficient (Wildman–Crippen LogP) is 1.80. The van der Waals surface area contributed by atoms with Gasteiger partial charge in [-0.1, -0.05) is 24.6 Å². The summed E-state index contributed by atoms with van der Waals surface area (Å²) in [6.07, 6.45) is 3.18. The molecule has 1 aliphatic carbocycles. The van der Waals surface area contributed by atoms with Crippen molar-refractivity contribution < 1.29 is 22.7 Å². The van der Waals surface area contributed by atoms with Crippen LogP contribution in [0, 0.1) is 6.92 Å². The molecule has 8 heteroatoms. The number of ether oxygens (including phenoxy) is 2. The van der Waals surface area contributed by atoms with Crippen molar-refractivity contribution in [2.45, 2.75) is 56.9 Å². The smallest absolute Gasteiger partial charge is 0.315 e. The first-order valence-electron chi connectivity index (χ1n) is 9.40. The average molecular weight is 397 g/mol. The van der Waals surface area contributed by atoms with Gasteiger partial charge < -0.3 is 20.1 Å². The highest BCUT2D eigenvalue weighted by Crippen LogP contribution is 2.26. The van der Waals surface area contributed by atoms with Gasteiger partial charge in [-0.2, -0.15) is 0 Å². The molecular weight excluding hydrogens is 368 g/mol. The molecule has 4 atom stereocenters. The standard InChI is InChI=1S/C19H28N2O5S/c1-13-7-3-5-9-16(13)26-17-10-6-4-8-14(17)20-19(22)21-15-11-27(23,24)12-18(15)25-2/h3,5,7,9,14-15,17-18H,4,6,8,10-12H2,1-2H3,(H2,20,21,22). The molecule has 2 amide bonds. The number of nitrogens with one attached hydrogen (secondary N) is 2. The van der Waals surface area contributed by atoms with Crippen molar-refractivity contribution in [2.75, 3.05) is 18.6 Å². The van der Waals surface area contributed by atoms with Crippen LogP contribution >= 0.6 is 0 Å². The predicted molar refractivity (Wildman–Crippen MR) is 103 cm³/mol. The number of hydrogen-bond acceptors (Lipinski definition) is 5. The third kappa shape index (κ3) is 5.13. The normalized spacial score (nSPS) is 29.9. The number of sulfone groups is 1. The second kappa shape index (κ2) is 8.48. The third-order valence-corrected chi connectivity index (χ3v) is 7.01. The van der Waals surface area contributed by atoms with E-state index in [0.29, 0.717) is 0 Å². The number of rotatable bonds is 5. The second-order valence-electron chi connectivity index (χ2n) is 7.39. The molecular formula is C19H28N2O5S. The highest BCUT2D eigenvalue weighted by Gasteiger charge is 2.39. The molecule has 7 nitrogen and oxygen atoms in total. The van der Waals surface area contributed by atoms with Crippen molar-refractivity contribution >= 4 is 15.9 Å². The second-order valence-corrected chi connectivity index (χ2v) is 9.54. The van der Waals surface area contributed by atoms with Crippen LogP contribution in [0.5, 0.6) is 5.75 Å². The molecule has 1 heterocycles. The topological polar surface area (TPSA) is 93.7 Å². The summed E-state index contributed by atoms with van der Waals surface area (Å²) in [4.78, 5) is 12.5. The molecule has 0 aromatic heterocycles. The van der Waals surface area contributed by atoms with Crippen molar-refractivity contribution in [1.82, 2.24) is 10.6 Å². The van der Waals surface area contributed by atoms with Gasteiger partial charge in [0.2, 0.25) is 0 Å². The van der Waals surface area contributed by atoms with Crippen LogP contribution in [0.3, 0.4) is 0 Å². The van der Waals surface area contributed by atoms with Gasteiger partial charge in [-0.3, -0.25) is 0 Å². The average Bonchev–Trinajstić information content (AvgIpc) is 2.92. The fourth-order valence-corrected chi connectivity index (χ4v) is 5.67. The number of urea groups is 1. The Labute approximate surface area is 160 Å². The summed E-state index contributed by atoms with van der Waals surface area (Å²) in [5, 5.41) is 5.75. The molecule has 0 spiro atoms. The summed E-state index contributed by atoms with van der Waals surface area (Å²) in [5.41, 5.74) is 1.06. The Morgan fingerprint density at radius 2 is 1.74 bits per heavy atom. The maximum Gasteiger partial charge on any atom is 0.315 e. The van der Waals surface area contributed by atoms with Gasteiger partial charge in [0, 0.05) is 7.11 Å². The van der Waals surface area contributed by atoms with E-state index in [4.69, 9.17) is 9.47 Å². The van der Waals surface area contributed by atoms with E-state index < -0.39 is 22.0 Å². The molecule has 2 N–H and O–H groups in total. The molecule has 2 fully saturated rings. The molecule has 150 valence electrons. The third-order valence-electron chi connectivity index (χ3n) is 5.31. The number of carbonyl (C=O) groups is 1. The minimum absolute atomic E-state index is 0.0586. The molecule has 1 saturated carbocycles. The van der Waals surface area contributed by atoms with E-state index in [9.17, 15) is 13.2 Å². The minimum Gasteiger partial charge on any atom is -0.488 e. The molecule has 27 heavy (non-hydrogen) atoms. The maximum atomic E-state index is 12.5. The quantitative estimate of drug-likeness (QED) is 0.792. The Hall–Kier alpha value is -1.80. The molecule has 0 radical (unpaired) electrons. The van der Waals surface area contributed by atoms with Crippen LogP contribution < -0.4 is 15.4 Å². The Bertz CT molecular complexity index is 767. The number of benzene rings is 1. The largest absolute Gasteiger partial charge is 0.488 e. The van der Waals surface area contributed by atoms with Gasteiger partial charge in [-0.15, -0.1) is 0 Å². The summed E-state index contributed by atoms with van der Waals surface area (Å²) >= 11 is 0. The lowest BCUT2D eigenvalue weighted by Gasteiger charge is -2.33. The summed E-state index contributed by atoms with van der Waals surface area (Å²) in [6, 6.07) is 6.83. The van der Waals surface area contributed by atoms with Gasteiger partial charge in [0.05, 0.1) is 29.7 Å². The first-order chi connectivity index (χ1) is 12.9. The van der Waals surface area contributed by atoms with Crippen LogP contribution in [0.4, 0.5) is 4.79 Å². The van der Waals surface area contributed by atoms with Gasteiger partial charge in [0.1, 0.15) is 11.9 Å². The lowest BCUT2D eigenvalue weighted by atomic mass is 9.92. The van der Waals surface area contributed by atoms with Crippen molar-refractivity contribution in [3.8, 4) is 5.75 Å². The first kappa shape index (κ1) is 19.9. The zero-order valence-corrected chi connectivity index (χ0v) is 16.6. The number of aryl methyl sites for hydroxylation is 1. The number of carbonyl (C=O) groups excluding carboxylic acids is 1. The number of para-hydroxylation sites is 1. The minimum atomic E-state index is -3.18. The van der Waals surface area contributed by atoms with Crippen LogP contribution in [-0.2, 0) is 14.6 Å². The van der Waals surface area contributed by atoms with Crippen LogP contribution in [0.1, 0.15) is 31.2 Å². The highest BCUT2D eigenvalue weighted by atomic mass is 32.2. The van der Waals surface area contributed by atoms with Crippen molar-refractivity contribution in [3.63, 3.8) is 0 Å². The van der Waals surface area contributed by atoms with E-state index in [2.05, 4.69) is 10.6 Å². The number of methoxy groups -OCH3 is 1. The highest BCUT2D eigenvalue weighted by molar-refractivity contribution is 7.91. The van der Waals surface area contributed by atoms with Gasteiger partial charge in [0.15, 0.2) is 9.84 Å². The van der Waals surface area contributed by atoms with E-state index in [1.807, 2.05) is 31.2 Å². The molecule has 1 aromatic carbocycles. The van der Waals surface area contributed by atoms with Crippen molar-refractivity contribution in [1.29, 1.82) is 0 Å². The van der Waals surface area contributed by atoms with Gasteiger partial charge in [0.25, 0.3) is 0 Å². The molecule has 1 aromatic rings. The molecule has 3 rings (SSSR count). The molecule has 4 unspecified atom stereocenters. The fourth-order valence-electron chi connectivity index (χ4n) is 3.82. The molecule has 1 aliphatic heterocycles. The summed E-state index contributed by atoms with van der Waals surface area (Å²) in [6.45, 7) is 2.00. The van der Waals surface area contributed by atoms with Crippen LogP contribution in [-0.4, -0.2) is 57.4 Å². The number of hydrogen-bond donors (Lipinski definition) is 2. The van der Waals surface area contributed by atoms with Crippen molar-refractivity contribution in [3.05, 3.63) is 29.8 Å². The Morgan fingerprint density at radius 1 is 1.04 bits per heavy atom. The fraction of sp³-hybridized carbons (Fsp3) is 0.632. The zero-order valence-electron chi connectivity index (χ0n) is 15.8. The Morgan fingerprint density at radius 3 is 2.48 bits per heavy atom. The Balaban J connectivity index is 1.60. The first-order valence-corrected chi connectivity index (χ1v) is 11.2. The Kier molecular flexibility index (Phi) is 6.26. The van der Waals surface area contributed by atoms with E-state index in [0.717, 1.165) is 37.0 Å². The van der Waals surface area contributed by atoms with E-state index in [1.165, 1.54) is 7.11 Å². The van der Waals surface area contributed by atoms with Gasteiger partial charge in [-0.05, 0) is 37.8 Å². The molecule has 1 saturated heterocycles. The van der Waals surface area contributed by atoms with Crippen molar-refractivity contribution in [2.24, 2.45) is 0 Å². The maximum absolute atomic E-state index is 12.5. The van der Waals surface area contributed by atoms with E-state index >= 15 is 0 Å². The summed E-state index contributed by atoms with van der Waals surface area (Å²) < 4.78 is 35.0. The molecule has 0 bridgehead atoms. The van der Waals surface area contributed by atoms with Crippen LogP contribution in [0.25, 0.3) is 0 Å². The van der Waals surface area contributed by atoms with Crippen LogP contribution in [0.15, 0.2) is 24.3 Å². The molecule has 2 aliphatic rings. The van der Waals surface area contributed by atoms with Gasteiger partial charge in [-0.25, -0.2) is 13.2 Å². The lowest BCUT2D eigenvalue weighted by molar-refractivity contribution is 0.0968. The van der Waals surface area contributed by atoms with Crippen LogP contribution in [0.2, 0.25) is 0 Å². The van der Waals surface area contributed by atoms with E-state index in [-0.39, 0.29) is 29.7 Å².